The quantitative estimate of drug-likeness (QED) is 0.416. The first-order valence-electron chi connectivity index (χ1n) is 6.25. The van der Waals surface area contributed by atoms with E-state index in [1.54, 1.807) is 7.11 Å². The van der Waals surface area contributed by atoms with E-state index in [1.165, 1.54) is 0 Å². The molecule has 0 aliphatic carbocycles. The van der Waals surface area contributed by atoms with Gasteiger partial charge in [0.15, 0.2) is 0 Å². The number of carbonyl (C=O) groups is 1. The van der Waals surface area contributed by atoms with Crippen LogP contribution in [0.5, 0.6) is 0 Å². The maximum Gasteiger partial charge on any atom is 0.325 e. The summed E-state index contributed by atoms with van der Waals surface area (Å²) in [6.07, 6.45) is 0.957. The fourth-order valence-electron chi connectivity index (χ4n) is 1.88. The van der Waals surface area contributed by atoms with Crippen molar-refractivity contribution in [2.45, 2.75) is 19.1 Å². The zero-order valence-electron chi connectivity index (χ0n) is 10.7. The van der Waals surface area contributed by atoms with E-state index in [0.29, 0.717) is 6.61 Å². The van der Waals surface area contributed by atoms with Crippen molar-refractivity contribution in [3.8, 4) is 0 Å². The van der Waals surface area contributed by atoms with E-state index < -0.39 is 0 Å². The van der Waals surface area contributed by atoms with Crippen LogP contribution in [0.15, 0.2) is 30.3 Å². The highest BCUT2D eigenvalue weighted by atomic mass is 16.5. The minimum Gasteiger partial charge on any atom is -0.460 e. The van der Waals surface area contributed by atoms with Gasteiger partial charge in [-0.1, -0.05) is 30.3 Å². The highest BCUT2D eigenvalue weighted by Gasteiger charge is 2.40. The fourth-order valence-corrected chi connectivity index (χ4v) is 1.88. The topological polar surface area (TPSA) is 38.5 Å². The Bertz CT molecular complexity index is 380. The molecule has 2 rings (SSSR count). The zero-order valence-corrected chi connectivity index (χ0v) is 10.7. The van der Waals surface area contributed by atoms with E-state index in [1.807, 2.05) is 30.3 Å². The van der Waals surface area contributed by atoms with Gasteiger partial charge in [-0.25, -0.2) is 0 Å². The number of ether oxygens (including phenoxy) is 2. The molecule has 4 nitrogen and oxygen atoms in total. The second-order valence-corrected chi connectivity index (χ2v) is 4.45. The largest absolute Gasteiger partial charge is 0.460 e. The Morgan fingerprint density at radius 1 is 1.39 bits per heavy atom. The summed E-state index contributed by atoms with van der Waals surface area (Å²) in [5.74, 6) is -0.115. The summed E-state index contributed by atoms with van der Waals surface area (Å²) in [7, 11) is 1.69. The summed E-state index contributed by atoms with van der Waals surface area (Å²) in [4.78, 5) is 13.8. The Hall–Kier alpha value is -1.39. The van der Waals surface area contributed by atoms with E-state index in [0.717, 1.165) is 31.7 Å². The monoisotopic (exact) mass is 249 g/mol. The molecular weight excluding hydrogens is 230 g/mol. The van der Waals surface area contributed by atoms with Crippen LogP contribution in [-0.2, 0) is 20.9 Å². The third-order valence-electron chi connectivity index (χ3n) is 3.00. The second-order valence-electron chi connectivity index (χ2n) is 4.45. The highest BCUT2D eigenvalue weighted by molar-refractivity contribution is 5.79. The smallest absolute Gasteiger partial charge is 0.325 e. The summed E-state index contributed by atoms with van der Waals surface area (Å²) < 4.78 is 10.3. The second kappa shape index (κ2) is 6.52. The molecule has 4 heteroatoms. The molecule has 0 N–H and O–H groups in total. The minimum atomic E-state index is -0.115. The number of rotatable bonds is 7. The van der Waals surface area contributed by atoms with E-state index in [2.05, 4.69) is 4.90 Å². The summed E-state index contributed by atoms with van der Waals surface area (Å²) in [5.41, 5.74) is 1.03. The Balaban J connectivity index is 1.65. The first kappa shape index (κ1) is 13.1. The summed E-state index contributed by atoms with van der Waals surface area (Å²) in [5, 5.41) is 0. The predicted octanol–water partition coefficient (Wildman–Crippen LogP) is 1.45. The number of hydrogen-bond donors (Lipinski definition) is 0. The predicted molar refractivity (Wildman–Crippen MR) is 68.1 cm³/mol. The SMILES string of the molecule is COCCC[N@@]1CC1C(=O)OCc1ccccc1. The lowest BCUT2D eigenvalue weighted by Gasteiger charge is -2.05. The van der Waals surface area contributed by atoms with Crippen molar-refractivity contribution in [1.82, 2.24) is 4.90 Å². The standard InChI is InChI=1S/C14H19NO3/c1-17-9-5-8-15-10-13(15)14(16)18-11-12-6-3-2-4-7-12/h2-4,6-7,13H,5,8-11H2,1H3/t13?,15-/m0/s1. The van der Waals surface area contributed by atoms with Crippen LogP contribution in [-0.4, -0.2) is 43.7 Å². The van der Waals surface area contributed by atoms with E-state index >= 15 is 0 Å². The van der Waals surface area contributed by atoms with Gasteiger partial charge in [-0.15, -0.1) is 0 Å². The van der Waals surface area contributed by atoms with Crippen LogP contribution in [0.3, 0.4) is 0 Å². The number of carbonyl (C=O) groups excluding carboxylic acids is 1. The number of esters is 1. The zero-order chi connectivity index (χ0) is 12.8. The Morgan fingerprint density at radius 3 is 2.89 bits per heavy atom. The molecule has 1 aromatic carbocycles. The molecule has 0 radical (unpaired) electrons. The number of methoxy groups -OCH3 is 1. The van der Waals surface area contributed by atoms with Crippen molar-refractivity contribution in [2.24, 2.45) is 0 Å². The first-order valence-corrected chi connectivity index (χ1v) is 6.25. The van der Waals surface area contributed by atoms with Crippen molar-refractivity contribution < 1.29 is 14.3 Å². The van der Waals surface area contributed by atoms with Crippen molar-refractivity contribution in [1.29, 1.82) is 0 Å². The molecule has 1 saturated heterocycles. The summed E-state index contributed by atoms with van der Waals surface area (Å²) in [6, 6.07) is 9.71. The highest BCUT2D eigenvalue weighted by Crippen LogP contribution is 2.19. The molecule has 98 valence electrons. The normalized spacial score (nSPS) is 21.6. The minimum absolute atomic E-state index is 0.0365. The van der Waals surface area contributed by atoms with Crippen LogP contribution in [0.2, 0.25) is 0 Å². The molecule has 1 aliphatic heterocycles. The van der Waals surface area contributed by atoms with Crippen LogP contribution in [0.25, 0.3) is 0 Å². The number of hydrogen-bond acceptors (Lipinski definition) is 4. The van der Waals surface area contributed by atoms with Gasteiger partial charge < -0.3 is 9.47 Å². The molecular formula is C14H19NO3. The lowest BCUT2D eigenvalue weighted by molar-refractivity contribution is -0.145. The van der Waals surface area contributed by atoms with Crippen molar-refractivity contribution >= 4 is 5.97 Å². The molecule has 1 unspecified atom stereocenters. The third kappa shape index (κ3) is 3.82. The van der Waals surface area contributed by atoms with Crippen LogP contribution in [0, 0.1) is 0 Å². The van der Waals surface area contributed by atoms with E-state index in [9.17, 15) is 4.79 Å². The van der Waals surface area contributed by atoms with Gasteiger partial charge in [0.05, 0.1) is 0 Å². The van der Waals surface area contributed by atoms with Gasteiger partial charge in [-0.2, -0.15) is 0 Å². The Morgan fingerprint density at radius 2 is 2.17 bits per heavy atom. The van der Waals surface area contributed by atoms with Crippen molar-refractivity contribution in [3.05, 3.63) is 35.9 Å². The molecule has 0 amide bonds. The molecule has 1 fully saturated rings. The van der Waals surface area contributed by atoms with Crippen molar-refractivity contribution in [3.63, 3.8) is 0 Å². The molecule has 2 atom stereocenters. The van der Waals surface area contributed by atoms with E-state index in [-0.39, 0.29) is 12.0 Å². The fraction of sp³-hybridized carbons (Fsp3) is 0.500. The van der Waals surface area contributed by atoms with Gasteiger partial charge >= 0.3 is 5.97 Å². The average molecular weight is 249 g/mol. The maximum atomic E-state index is 11.7. The van der Waals surface area contributed by atoms with Gasteiger partial charge in [0.1, 0.15) is 12.6 Å². The van der Waals surface area contributed by atoms with Crippen LogP contribution in [0.4, 0.5) is 0 Å². The average Bonchev–Trinajstić information content (AvgIpc) is 3.17. The molecule has 18 heavy (non-hydrogen) atoms. The maximum absolute atomic E-state index is 11.7. The van der Waals surface area contributed by atoms with Crippen LogP contribution < -0.4 is 0 Å². The lowest BCUT2D eigenvalue weighted by atomic mass is 10.2. The molecule has 1 aromatic rings. The first-order chi connectivity index (χ1) is 8.81. The molecule has 0 aromatic heterocycles. The molecule has 0 spiro atoms. The van der Waals surface area contributed by atoms with Gasteiger partial charge in [-0.05, 0) is 12.0 Å². The van der Waals surface area contributed by atoms with Gasteiger partial charge in [0.25, 0.3) is 0 Å². The lowest BCUT2D eigenvalue weighted by Crippen LogP contribution is -2.17. The number of nitrogens with zero attached hydrogens (tertiary/aromatic N) is 1. The summed E-state index contributed by atoms with van der Waals surface area (Å²) in [6.45, 7) is 2.82. The van der Waals surface area contributed by atoms with Crippen LogP contribution in [0.1, 0.15) is 12.0 Å². The van der Waals surface area contributed by atoms with E-state index in [4.69, 9.17) is 9.47 Å². The molecule has 0 bridgehead atoms. The van der Waals surface area contributed by atoms with Gasteiger partial charge in [-0.3, -0.25) is 9.69 Å². The molecule has 1 heterocycles. The van der Waals surface area contributed by atoms with Crippen molar-refractivity contribution in [2.75, 3.05) is 26.8 Å². The number of benzene rings is 1. The van der Waals surface area contributed by atoms with Crippen LogP contribution >= 0.6 is 0 Å². The van der Waals surface area contributed by atoms with Gasteiger partial charge in [0.2, 0.25) is 0 Å². The van der Waals surface area contributed by atoms with Gasteiger partial charge in [0, 0.05) is 26.8 Å². The Labute approximate surface area is 107 Å². The molecule has 1 aliphatic rings. The summed E-state index contributed by atoms with van der Waals surface area (Å²) >= 11 is 0. The molecule has 0 saturated carbocycles. The third-order valence-corrected chi connectivity index (χ3v) is 3.00. The Kier molecular flexibility index (Phi) is 4.73.